The van der Waals surface area contributed by atoms with Crippen molar-refractivity contribution in [2.75, 3.05) is 12.8 Å². The van der Waals surface area contributed by atoms with Crippen molar-refractivity contribution < 1.29 is 4.74 Å². The molecule has 0 aliphatic carbocycles. The monoisotopic (exact) mass is 367 g/mol. The Bertz CT molecular complexity index is 1140. The standard InChI is InChI=1S/C24H21N3O/c1-28-20-12-6-17(7-13-20)15-27-16-23(21-4-2-3-5-24(21)27)22(14-25)18-8-10-19(26)11-9-18/h2-13,16,22H,15,26H2,1H3. The maximum Gasteiger partial charge on any atom is 0.118 e. The minimum absolute atomic E-state index is 0.345. The number of anilines is 1. The van der Waals surface area contributed by atoms with Crippen molar-refractivity contribution in [1.82, 2.24) is 4.57 Å². The molecule has 0 amide bonds. The highest BCUT2D eigenvalue weighted by atomic mass is 16.5. The van der Waals surface area contributed by atoms with Crippen molar-refractivity contribution in [3.8, 4) is 11.8 Å². The van der Waals surface area contributed by atoms with Gasteiger partial charge in [0, 0.05) is 29.3 Å². The van der Waals surface area contributed by atoms with Gasteiger partial charge in [0.25, 0.3) is 0 Å². The smallest absolute Gasteiger partial charge is 0.118 e. The minimum atomic E-state index is -0.345. The molecule has 0 aliphatic heterocycles. The Labute approximate surface area is 164 Å². The van der Waals surface area contributed by atoms with E-state index in [0.717, 1.165) is 34.3 Å². The quantitative estimate of drug-likeness (QED) is 0.508. The van der Waals surface area contributed by atoms with Gasteiger partial charge in [-0.15, -0.1) is 0 Å². The third kappa shape index (κ3) is 3.30. The van der Waals surface area contributed by atoms with Crippen LogP contribution in [0.3, 0.4) is 0 Å². The maximum absolute atomic E-state index is 9.91. The van der Waals surface area contributed by atoms with Crippen LogP contribution in [0, 0.1) is 11.3 Å². The second-order valence-corrected chi connectivity index (χ2v) is 6.81. The molecule has 138 valence electrons. The predicted octanol–water partition coefficient (Wildman–Crippen LogP) is 4.94. The van der Waals surface area contributed by atoms with Gasteiger partial charge < -0.3 is 15.0 Å². The molecule has 0 spiro atoms. The molecule has 2 N–H and O–H groups in total. The second kappa shape index (κ2) is 7.50. The van der Waals surface area contributed by atoms with E-state index < -0.39 is 0 Å². The van der Waals surface area contributed by atoms with Gasteiger partial charge in [-0.2, -0.15) is 5.26 Å². The van der Waals surface area contributed by atoms with Crippen LogP contribution in [0.2, 0.25) is 0 Å². The van der Waals surface area contributed by atoms with Gasteiger partial charge in [-0.3, -0.25) is 0 Å². The van der Waals surface area contributed by atoms with Crippen molar-refractivity contribution in [2.24, 2.45) is 0 Å². The number of hydrogen-bond donors (Lipinski definition) is 1. The zero-order valence-electron chi connectivity index (χ0n) is 15.7. The number of fused-ring (bicyclic) bond motifs is 1. The normalized spacial score (nSPS) is 11.9. The van der Waals surface area contributed by atoms with Crippen LogP contribution in [0.25, 0.3) is 10.9 Å². The van der Waals surface area contributed by atoms with E-state index in [2.05, 4.69) is 41.1 Å². The lowest BCUT2D eigenvalue weighted by Crippen LogP contribution is -2.00. The third-order valence-electron chi connectivity index (χ3n) is 5.04. The summed E-state index contributed by atoms with van der Waals surface area (Å²) < 4.78 is 7.45. The molecule has 4 aromatic rings. The molecule has 1 unspecified atom stereocenters. The summed E-state index contributed by atoms with van der Waals surface area (Å²) in [6.45, 7) is 0.727. The fourth-order valence-electron chi connectivity index (χ4n) is 3.58. The highest BCUT2D eigenvalue weighted by molar-refractivity contribution is 5.85. The van der Waals surface area contributed by atoms with Crippen molar-refractivity contribution >= 4 is 16.6 Å². The third-order valence-corrected chi connectivity index (χ3v) is 5.04. The average Bonchev–Trinajstić information content (AvgIpc) is 3.09. The van der Waals surface area contributed by atoms with Crippen LogP contribution in [0.1, 0.15) is 22.6 Å². The molecular formula is C24H21N3O. The minimum Gasteiger partial charge on any atom is -0.497 e. The molecule has 3 aromatic carbocycles. The summed E-state index contributed by atoms with van der Waals surface area (Å²) in [7, 11) is 1.67. The fraction of sp³-hybridized carbons (Fsp3) is 0.125. The van der Waals surface area contributed by atoms with Crippen LogP contribution >= 0.6 is 0 Å². The summed E-state index contributed by atoms with van der Waals surface area (Å²) in [5.41, 5.74) is 10.8. The number of rotatable bonds is 5. The van der Waals surface area contributed by atoms with E-state index in [-0.39, 0.29) is 5.92 Å². The van der Waals surface area contributed by atoms with Crippen LogP contribution in [0.15, 0.2) is 79.0 Å². The molecule has 0 aliphatic rings. The molecule has 0 radical (unpaired) electrons. The Morgan fingerprint density at radius 1 is 1.00 bits per heavy atom. The predicted molar refractivity (Wildman–Crippen MR) is 112 cm³/mol. The van der Waals surface area contributed by atoms with Gasteiger partial charge in [-0.1, -0.05) is 42.5 Å². The van der Waals surface area contributed by atoms with Gasteiger partial charge in [0.2, 0.25) is 0 Å². The number of aromatic nitrogens is 1. The lowest BCUT2D eigenvalue weighted by molar-refractivity contribution is 0.414. The molecule has 0 saturated heterocycles. The average molecular weight is 367 g/mol. The van der Waals surface area contributed by atoms with Crippen molar-refractivity contribution in [2.45, 2.75) is 12.5 Å². The van der Waals surface area contributed by atoms with Crippen LogP contribution in [0.5, 0.6) is 5.75 Å². The van der Waals surface area contributed by atoms with E-state index >= 15 is 0 Å². The molecule has 1 aromatic heterocycles. The Morgan fingerprint density at radius 2 is 1.71 bits per heavy atom. The number of nitrogens with zero attached hydrogens (tertiary/aromatic N) is 2. The van der Waals surface area contributed by atoms with Crippen LogP contribution in [0.4, 0.5) is 5.69 Å². The number of nitrogen functional groups attached to an aromatic ring is 1. The number of nitriles is 1. The molecule has 0 saturated carbocycles. The first-order valence-corrected chi connectivity index (χ1v) is 9.15. The van der Waals surface area contributed by atoms with E-state index in [1.54, 1.807) is 7.11 Å². The number of methoxy groups -OCH3 is 1. The van der Waals surface area contributed by atoms with Gasteiger partial charge >= 0.3 is 0 Å². The largest absolute Gasteiger partial charge is 0.497 e. The topological polar surface area (TPSA) is 64.0 Å². The summed E-state index contributed by atoms with van der Waals surface area (Å²) in [4.78, 5) is 0. The molecule has 0 fully saturated rings. The summed E-state index contributed by atoms with van der Waals surface area (Å²) in [6.07, 6.45) is 2.10. The zero-order valence-corrected chi connectivity index (χ0v) is 15.7. The number of ether oxygens (including phenoxy) is 1. The Morgan fingerprint density at radius 3 is 2.39 bits per heavy atom. The Balaban J connectivity index is 1.77. The van der Waals surface area contributed by atoms with E-state index in [0.29, 0.717) is 5.69 Å². The molecular weight excluding hydrogens is 346 g/mol. The Kier molecular flexibility index (Phi) is 4.74. The lowest BCUT2D eigenvalue weighted by Gasteiger charge is -2.09. The molecule has 28 heavy (non-hydrogen) atoms. The van der Waals surface area contributed by atoms with Crippen LogP contribution < -0.4 is 10.5 Å². The molecule has 1 atom stereocenters. The number of benzene rings is 3. The SMILES string of the molecule is COc1ccc(Cn2cc(C(C#N)c3ccc(N)cc3)c3ccccc32)cc1. The van der Waals surface area contributed by atoms with Crippen molar-refractivity contribution in [1.29, 1.82) is 5.26 Å². The zero-order chi connectivity index (χ0) is 19.5. The molecule has 0 bridgehead atoms. The number of nitrogens with two attached hydrogens (primary N) is 1. The first kappa shape index (κ1) is 17.7. The van der Waals surface area contributed by atoms with Crippen LogP contribution in [-0.2, 0) is 6.54 Å². The molecule has 4 heteroatoms. The summed E-state index contributed by atoms with van der Waals surface area (Å²) >= 11 is 0. The van der Waals surface area contributed by atoms with Crippen LogP contribution in [-0.4, -0.2) is 11.7 Å². The van der Waals surface area contributed by atoms with Crippen molar-refractivity contribution in [3.63, 3.8) is 0 Å². The van der Waals surface area contributed by atoms with E-state index in [1.807, 2.05) is 48.5 Å². The van der Waals surface area contributed by atoms with Gasteiger partial charge in [0.15, 0.2) is 0 Å². The lowest BCUT2D eigenvalue weighted by atomic mass is 9.92. The first-order chi connectivity index (χ1) is 13.7. The fourth-order valence-corrected chi connectivity index (χ4v) is 3.58. The molecule has 4 nitrogen and oxygen atoms in total. The van der Waals surface area contributed by atoms with E-state index in [4.69, 9.17) is 10.5 Å². The number of para-hydroxylation sites is 1. The molecule has 1 heterocycles. The van der Waals surface area contributed by atoms with E-state index in [1.165, 1.54) is 5.56 Å². The van der Waals surface area contributed by atoms with Gasteiger partial charge in [0.05, 0.1) is 19.1 Å². The van der Waals surface area contributed by atoms with Gasteiger partial charge in [-0.25, -0.2) is 0 Å². The molecule has 4 rings (SSSR count). The Hall–Kier alpha value is -3.71. The highest BCUT2D eigenvalue weighted by Crippen LogP contribution is 2.33. The first-order valence-electron chi connectivity index (χ1n) is 9.15. The summed E-state index contributed by atoms with van der Waals surface area (Å²) in [5, 5.41) is 11.0. The van der Waals surface area contributed by atoms with E-state index in [9.17, 15) is 5.26 Å². The second-order valence-electron chi connectivity index (χ2n) is 6.81. The number of hydrogen-bond acceptors (Lipinski definition) is 3. The summed E-state index contributed by atoms with van der Waals surface area (Å²) in [6, 6.07) is 26.3. The maximum atomic E-state index is 9.91. The highest BCUT2D eigenvalue weighted by Gasteiger charge is 2.19. The van der Waals surface area contributed by atoms with Crippen molar-refractivity contribution in [3.05, 3.63) is 95.7 Å². The summed E-state index contributed by atoms with van der Waals surface area (Å²) in [5.74, 6) is 0.498. The van der Waals surface area contributed by atoms with Gasteiger partial charge in [-0.05, 0) is 47.0 Å². The van der Waals surface area contributed by atoms with Gasteiger partial charge in [0.1, 0.15) is 5.75 Å².